The standard InChI is InChI=1S/C16H21ClN2O4S/c17-15-10-12(19-7-1-2-9-24(19,21)22)5-6-14(15)16(20)18-11-13-4-3-8-23-13/h5-6,10,13H,1-4,7-9,11H2,(H,18,20). The van der Waals surface area contributed by atoms with Crippen LogP contribution in [-0.2, 0) is 14.8 Å². The first-order valence-electron chi connectivity index (χ1n) is 8.17. The minimum atomic E-state index is -3.29. The first kappa shape index (κ1) is 17.5. The van der Waals surface area contributed by atoms with Crippen molar-refractivity contribution >= 4 is 33.2 Å². The van der Waals surface area contributed by atoms with Crippen molar-refractivity contribution in [3.8, 4) is 0 Å². The van der Waals surface area contributed by atoms with Gasteiger partial charge in [0, 0.05) is 19.7 Å². The van der Waals surface area contributed by atoms with Crippen molar-refractivity contribution in [2.75, 3.05) is 29.8 Å². The second-order valence-electron chi connectivity index (χ2n) is 6.10. The third-order valence-corrected chi connectivity index (χ3v) is 6.53. The van der Waals surface area contributed by atoms with E-state index in [9.17, 15) is 13.2 Å². The summed E-state index contributed by atoms with van der Waals surface area (Å²) < 4.78 is 31.1. The molecular formula is C16H21ClN2O4S. The Morgan fingerprint density at radius 3 is 2.83 bits per heavy atom. The maximum Gasteiger partial charge on any atom is 0.252 e. The lowest BCUT2D eigenvalue weighted by atomic mass is 10.1. The van der Waals surface area contributed by atoms with Crippen LogP contribution >= 0.6 is 11.6 Å². The first-order valence-corrected chi connectivity index (χ1v) is 10.2. The van der Waals surface area contributed by atoms with Gasteiger partial charge in [-0.05, 0) is 43.9 Å². The largest absolute Gasteiger partial charge is 0.376 e. The fourth-order valence-electron chi connectivity index (χ4n) is 3.03. The molecule has 0 saturated carbocycles. The van der Waals surface area contributed by atoms with E-state index in [-0.39, 0.29) is 22.8 Å². The SMILES string of the molecule is O=C(NCC1CCCO1)c1ccc(N2CCCCS2(=O)=O)cc1Cl. The number of hydrogen-bond acceptors (Lipinski definition) is 4. The Labute approximate surface area is 147 Å². The van der Waals surface area contributed by atoms with Gasteiger partial charge in [0.05, 0.1) is 28.1 Å². The Kier molecular flexibility index (Phi) is 5.32. The number of ether oxygens (including phenoxy) is 1. The molecule has 8 heteroatoms. The number of hydrogen-bond donors (Lipinski definition) is 1. The molecule has 2 aliphatic heterocycles. The molecule has 2 fully saturated rings. The van der Waals surface area contributed by atoms with Crippen LogP contribution in [0.15, 0.2) is 18.2 Å². The van der Waals surface area contributed by atoms with Crippen LogP contribution in [-0.4, -0.2) is 45.9 Å². The van der Waals surface area contributed by atoms with Crippen molar-refractivity contribution in [1.82, 2.24) is 5.32 Å². The highest BCUT2D eigenvalue weighted by Crippen LogP contribution is 2.28. The molecule has 2 heterocycles. The highest BCUT2D eigenvalue weighted by atomic mass is 35.5. The molecule has 0 spiro atoms. The fourth-order valence-corrected chi connectivity index (χ4v) is 4.92. The van der Waals surface area contributed by atoms with Gasteiger partial charge < -0.3 is 10.1 Å². The maximum absolute atomic E-state index is 12.3. The zero-order chi connectivity index (χ0) is 17.2. The quantitative estimate of drug-likeness (QED) is 0.878. The molecule has 6 nitrogen and oxygen atoms in total. The number of carbonyl (C=O) groups excluding carboxylic acids is 1. The van der Waals surface area contributed by atoms with Gasteiger partial charge in [-0.15, -0.1) is 0 Å². The van der Waals surface area contributed by atoms with Crippen LogP contribution in [0.2, 0.25) is 5.02 Å². The van der Waals surface area contributed by atoms with E-state index >= 15 is 0 Å². The van der Waals surface area contributed by atoms with E-state index in [0.717, 1.165) is 25.9 Å². The van der Waals surface area contributed by atoms with Gasteiger partial charge in [0.1, 0.15) is 0 Å². The van der Waals surface area contributed by atoms with Crippen LogP contribution < -0.4 is 9.62 Å². The third kappa shape index (κ3) is 3.84. The Bertz CT molecular complexity index is 717. The molecule has 1 aromatic rings. The molecule has 2 saturated heterocycles. The molecule has 0 bridgehead atoms. The van der Waals surface area contributed by atoms with E-state index < -0.39 is 10.0 Å². The number of nitrogens with zero attached hydrogens (tertiary/aromatic N) is 1. The van der Waals surface area contributed by atoms with Gasteiger partial charge in [0.2, 0.25) is 10.0 Å². The van der Waals surface area contributed by atoms with Gasteiger partial charge in [0.25, 0.3) is 5.91 Å². The smallest absolute Gasteiger partial charge is 0.252 e. The monoisotopic (exact) mass is 372 g/mol. The van der Waals surface area contributed by atoms with Gasteiger partial charge in [-0.1, -0.05) is 11.6 Å². The van der Waals surface area contributed by atoms with E-state index in [1.807, 2.05) is 0 Å². The van der Waals surface area contributed by atoms with Crippen LogP contribution in [0, 0.1) is 0 Å². The summed E-state index contributed by atoms with van der Waals surface area (Å²) in [7, 11) is -3.29. The lowest BCUT2D eigenvalue weighted by molar-refractivity contribution is 0.0858. The summed E-state index contributed by atoms with van der Waals surface area (Å²) in [6.45, 7) is 1.64. The van der Waals surface area contributed by atoms with Gasteiger partial charge in [-0.3, -0.25) is 9.10 Å². The molecule has 1 unspecified atom stereocenters. The Hall–Kier alpha value is -1.31. The summed E-state index contributed by atoms with van der Waals surface area (Å²) in [6.07, 6.45) is 3.52. The molecule has 1 aromatic carbocycles. The summed E-state index contributed by atoms with van der Waals surface area (Å²) in [5.74, 6) is -0.127. The Morgan fingerprint density at radius 2 is 2.17 bits per heavy atom. The number of halogens is 1. The van der Waals surface area contributed by atoms with Crippen LogP contribution in [0.5, 0.6) is 0 Å². The van der Waals surface area contributed by atoms with Crippen LogP contribution in [0.25, 0.3) is 0 Å². The number of anilines is 1. The van der Waals surface area contributed by atoms with Crippen molar-refractivity contribution in [2.45, 2.75) is 31.8 Å². The zero-order valence-corrected chi connectivity index (χ0v) is 14.9. The summed E-state index contributed by atoms with van der Waals surface area (Å²) in [5, 5.41) is 3.06. The van der Waals surface area contributed by atoms with E-state index in [1.165, 1.54) is 4.31 Å². The lowest BCUT2D eigenvalue weighted by Gasteiger charge is -2.28. The molecule has 1 amide bonds. The molecule has 3 rings (SSSR count). The number of amides is 1. The summed E-state index contributed by atoms with van der Waals surface area (Å²) in [5.41, 5.74) is 0.850. The number of benzene rings is 1. The second kappa shape index (κ2) is 7.29. The van der Waals surface area contributed by atoms with Crippen molar-refractivity contribution in [2.24, 2.45) is 0 Å². The molecule has 1 N–H and O–H groups in total. The van der Waals surface area contributed by atoms with Crippen LogP contribution in [0.4, 0.5) is 5.69 Å². The number of sulfonamides is 1. The Balaban J connectivity index is 1.71. The molecule has 132 valence electrons. The molecule has 24 heavy (non-hydrogen) atoms. The summed E-state index contributed by atoms with van der Waals surface area (Å²) >= 11 is 6.22. The van der Waals surface area contributed by atoms with E-state index in [4.69, 9.17) is 16.3 Å². The minimum Gasteiger partial charge on any atom is -0.376 e. The minimum absolute atomic E-state index is 0.0606. The predicted molar refractivity (Wildman–Crippen MR) is 93.1 cm³/mol. The maximum atomic E-state index is 12.3. The molecular weight excluding hydrogens is 352 g/mol. The fraction of sp³-hybridized carbons (Fsp3) is 0.562. The van der Waals surface area contributed by atoms with Crippen LogP contribution in [0.1, 0.15) is 36.0 Å². The average molecular weight is 373 g/mol. The van der Waals surface area contributed by atoms with E-state index in [2.05, 4.69) is 5.32 Å². The highest BCUT2D eigenvalue weighted by Gasteiger charge is 2.27. The predicted octanol–water partition coefficient (Wildman–Crippen LogP) is 2.18. The Morgan fingerprint density at radius 1 is 1.33 bits per heavy atom. The van der Waals surface area contributed by atoms with E-state index in [1.54, 1.807) is 18.2 Å². The van der Waals surface area contributed by atoms with Crippen molar-refractivity contribution in [3.05, 3.63) is 28.8 Å². The molecule has 1 atom stereocenters. The third-order valence-electron chi connectivity index (χ3n) is 4.35. The molecule has 0 aromatic heterocycles. The van der Waals surface area contributed by atoms with Crippen molar-refractivity contribution < 1.29 is 17.9 Å². The van der Waals surface area contributed by atoms with Crippen molar-refractivity contribution in [3.63, 3.8) is 0 Å². The van der Waals surface area contributed by atoms with Gasteiger partial charge in [-0.2, -0.15) is 0 Å². The summed E-state index contributed by atoms with van der Waals surface area (Å²) in [4.78, 5) is 12.3. The van der Waals surface area contributed by atoms with Crippen LogP contribution in [0.3, 0.4) is 0 Å². The molecule has 2 aliphatic rings. The van der Waals surface area contributed by atoms with Gasteiger partial charge in [-0.25, -0.2) is 8.42 Å². The topological polar surface area (TPSA) is 75.7 Å². The lowest BCUT2D eigenvalue weighted by Crippen LogP contribution is -2.38. The molecule has 0 radical (unpaired) electrons. The second-order valence-corrected chi connectivity index (χ2v) is 8.52. The zero-order valence-electron chi connectivity index (χ0n) is 13.3. The normalized spacial score (nSPS) is 23.2. The first-order chi connectivity index (χ1) is 11.5. The van der Waals surface area contributed by atoms with Gasteiger partial charge in [0.15, 0.2) is 0 Å². The average Bonchev–Trinajstić information content (AvgIpc) is 3.05. The number of carbonyl (C=O) groups is 1. The van der Waals surface area contributed by atoms with Gasteiger partial charge >= 0.3 is 0 Å². The van der Waals surface area contributed by atoms with E-state index in [0.29, 0.717) is 30.8 Å². The summed E-state index contributed by atoms with van der Waals surface area (Å²) in [6, 6.07) is 4.76. The van der Waals surface area contributed by atoms with Crippen molar-refractivity contribution in [1.29, 1.82) is 0 Å². The molecule has 0 aliphatic carbocycles. The highest BCUT2D eigenvalue weighted by molar-refractivity contribution is 7.92. The number of nitrogens with one attached hydrogen (secondary N) is 1. The number of rotatable bonds is 4.